The number of aromatic nitrogens is 1. The Morgan fingerprint density at radius 2 is 2.06 bits per heavy atom. The van der Waals surface area contributed by atoms with Crippen LogP contribution < -0.4 is 4.90 Å². The Morgan fingerprint density at radius 3 is 2.56 bits per heavy atom. The first kappa shape index (κ1) is 12.1. The van der Waals surface area contributed by atoms with Crippen LogP contribution in [0.15, 0.2) is 0 Å². The average Bonchev–Trinajstić information content (AvgIpc) is 2.71. The SMILES string of the molecule is CCN1CCN(c2nc(Cl)c(CO)s2)CC1. The van der Waals surface area contributed by atoms with Gasteiger partial charge in [0.25, 0.3) is 0 Å². The van der Waals surface area contributed by atoms with E-state index >= 15 is 0 Å². The fourth-order valence-electron chi connectivity index (χ4n) is 1.81. The maximum atomic E-state index is 9.07. The topological polar surface area (TPSA) is 39.6 Å². The molecule has 0 aromatic carbocycles. The lowest BCUT2D eigenvalue weighted by Crippen LogP contribution is -2.46. The monoisotopic (exact) mass is 261 g/mol. The summed E-state index contributed by atoms with van der Waals surface area (Å²) in [6, 6.07) is 0. The number of likely N-dealkylation sites (N-methyl/N-ethyl adjacent to an activating group) is 1. The van der Waals surface area contributed by atoms with Crippen molar-refractivity contribution in [1.82, 2.24) is 9.88 Å². The quantitative estimate of drug-likeness (QED) is 0.894. The zero-order valence-electron chi connectivity index (χ0n) is 9.32. The van der Waals surface area contributed by atoms with Gasteiger partial charge >= 0.3 is 0 Å². The highest BCUT2D eigenvalue weighted by molar-refractivity contribution is 7.16. The van der Waals surface area contributed by atoms with Crippen molar-refractivity contribution in [2.45, 2.75) is 13.5 Å². The van der Waals surface area contributed by atoms with Gasteiger partial charge in [-0.05, 0) is 6.54 Å². The summed E-state index contributed by atoms with van der Waals surface area (Å²) in [5, 5.41) is 10.4. The van der Waals surface area contributed by atoms with Crippen molar-refractivity contribution >= 4 is 28.1 Å². The molecule has 0 unspecified atom stereocenters. The van der Waals surface area contributed by atoms with E-state index in [-0.39, 0.29) is 6.61 Å². The zero-order valence-corrected chi connectivity index (χ0v) is 10.9. The molecule has 0 spiro atoms. The summed E-state index contributed by atoms with van der Waals surface area (Å²) in [7, 11) is 0. The molecule has 0 radical (unpaired) electrons. The third kappa shape index (κ3) is 2.48. The minimum atomic E-state index is -0.0224. The largest absolute Gasteiger partial charge is 0.391 e. The molecule has 0 aliphatic carbocycles. The van der Waals surface area contributed by atoms with Gasteiger partial charge in [-0.15, -0.1) is 0 Å². The summed E-state index contributed by atoms with van der Waals surface area (Å²) in [5.74, 6) is 0. The van der Waals surface area contributed by atoms with E-state index in [1.54, 1.807) is 0 Å². The molecule has 1 aromatic heterocycles. The molecule has 4 nitrogen and oxygen atoms in total. The van der Waals surface area contributed by atoms with Gasteiger partial charge in [0, 0.05) is 26.2 Å². The molecular formula is C10H16ClN3OS. The van der Waals surface area contributed by atoms with E-state index in [9.17, 15) is 0 Å². The number of nitrogens with zero attached hydrogens (tertiary/aromatic N) is 3. The average molecular weight is 262 g/mol. The fraction of sp³-hybridized carbons (Fsp3) is 0.700. The highest BCUT2D eigenvalue weighted by atomic mass is 35.5. The summed E-state index contributed by atoms with van der Waals surface area (Å²) < 4.78 is 0. The molecule has 1 aliphatic heterocycles. The third-order valence-electron chi connectivity index (χ3n) is 2.87. The van der Waals surface area contributed by atoms with E-state index in [2.05, 4.69) is 21.7 Å². The van der Waals surface area contributed by atoms with Gasteiger partial charge in [-0.1, -0.05) is 29.9 Å². The second-order valence-electron chi connectivity index (χ2n) is 3.79. The number of rotatable bonds is 3. The van der Waals surface area contributed by atoms with Crippen LogP contribution in [-0.4, -0.2) is 47.7 Å². The minimum absolute atomic E-state index is 0.0224. The van der Waals surface area contributed by atoms with E-state index in [0.717, 1.165) is 42.7 Å². The number of hydrogen-bond donors (Lipinski definition) is 1. The van der Waals surface area contributed by atoms with Crippen molar-refractivity contribution in [2.75, 3.05) is 37.6 Å². The first-order chi connectivity index (χ1) is 7.74. The smallest absolute Gasteiger partial charge is 0.187 e. The van der Waals surface area contributed by atoms with Gasteiger partial charge in [-0.25, -0.2) is 4.98 Å². The molecule has 16 heavy (non-hydrogen) atoms. The molecule has 0 amide bonds. The second kappa shape index (κ2) is 5.31. The van der Waals surface area contributed by atoms with Crippen molar-refractivity contribution in [3.63, 3.8) is 0 Å². The van der Waals surface area contributed by atoms with E-state index in [4.69, 9.17) is 16.7 Å². The molecule has 1 aliphatic rings. The van der Waals surface area contributed by atoms with Crippen LogP contribution in [0.25, 0.3) is 0 Å². The predicted molar refractivity (Wildman–Crippen MR) is 67.4 cm³/mol. The van der Waals surface area contributed by atoms with Crippen LogP contribution >= 0.6 is 22.9 Å². The second-order valence-corrected chi connectivity index (χ2v) is 5.21. The molecule has 0 atom stereocenters. The van der Waals surface area contributed by atoms with Crippen LogP contribution in [0.4, 0.5) is 5.13 Å². The zero-order chi connectivity index (χ0) is 11.5. The summed E-state index contributed by atoms with van der Waals surface area (Å²) in [4.78, 5) is 9.70. The van der Waals surface area contributed by atoms with Gasteiger partial charge < -0.3 is 14.9 Å². The first-order valence-corrected chi connectivity index (χ1v) is 6.67. The molecule has 1 saturated heterocycles. The summed E-state index contributed by atoms with van der Waals surface area (Å²) >= 11 is 7.41. The normalized spacial score (nSPS) is 18.1. The van der Waals surface area contributed by atoms with Crippen molar-refractivity contribution in [2.24, 2.45) is 0 Å². The minimum Gasteiger partial charge on any atom is -0.391 e. The third-order valence-corrected chi connectivity index (χ3v) is 4.40. The molecule has 90 valence electrons. The molecule has 1 fully saturated rings. The molecule has 2 rings (SSSR count). The predicted octanol–water partition coefficient (Wildman–Crippen LogP) is 1.43. The maximum absolute atomic E-state index is 9.07. The lowest BCUT2D eigenvalue weighted by atomic mass is 10.3. The summed E-state index contributed by atoms with van der Waals surface area (Å²) in [5.41, 5.74) is 0. The van der Waals surface area contributed by atoms with E-state index < -0.39 is 0 Å². The number of aliphatic hydroxyl groups is 1. The summed E-state index contributed by atoms with van der Waals surface area (Å²) in [6.45, 7) is 7.38. The number of aliphatic hydroxyl groups excluding tert-OH is 1. The fourth-order valence-corrected chi connectivity index (χ4v) is 2.98. The first-order valence-electron chi connectivity index (χ1n) is 5.48. The Labute approximate surface area is 104 Å². The lowest BCUT2D eigenvalue weighted by Gasteiger charge is -2.33. The van der Waals surface area contributed by atoms with Crippen molar-refractivity contribution in [3.05, 3.63) is 10.0 Å². The number of thiazole rings is 1. The summed E-state index contributed by atoms with van der Waals surface area (Å²) in [6.07, 6.45) is 0. The van der Waals surface area contributed by atoms with Gasteiger partial charge in [0.1, 0.15) is 5.15 Å². The van der Waals surface area contributed by atoms with Crippen LogP contribution in [0, 0.1) is 0 Å². The molecule has 1 aromatic rings. The molecule has 0 saturated carbocycles. The van der Waals surface area contributed by atoms with Crippen LogP contribution in [0.2, 0.25) is 5.15 Å². The van der Waals surface area contributed by atoms with Gasteiger partial charge in [-0.3, -0.25) is 0 Å². The lowest BCUT2D eigenvalue weighted by molar-refractivity contribution is 0.271. The number of piperazine rings is 1. The van der Waals surface area contributed by atoms with Gasteiger partial charge in [0.2, 0.25) is 0 Å². The van der Waals surface area contributed by atoms with Gasteiger partial charge in [-0.2, -0.15) is 0 Å². The maximum Gasteiger partial charge on any atom is 0.187 e. The Bertz CT molecular complexity index is 350. The number of hydrogen-bond acceptors (Lipinski definition) is 5. The van der Waals surface area contributed by atoms with E-state index in [0.29, 0.717) is 5.15 Å². The Balaban J connectivity index is 2.02. The van der Waals surface area contributed by atoms with E-state index in [1.807, 2.05) is 0 Å². The van der Waals surface area contributed by atoms with Gasteiger partial charge in [0.05, 0.1) is 11.5 Å². The Morgan fingerprint density at radius 1 is 1.38 bits per heavy atom. The Hall–Kier alpha value is -0.360. The van der Waals surface area contributed by atoms with Crippen molar-refractivity contribution in [1.29, 1.82) is 0 Å². The highest BCUT2D eigenvalue weighted by Gasteiger charge is 2.19. The van der Waals surface area contributed by atoms with Crippen LogP contribution in [0.3, 0.4) is 0 Å². The molecule has 1 N–H and O–H groups in total. The van der Waals surface area contributed by atoms with Crippen LogP contribution in [0.1, 0.15) is 11.8 Å². The molecular weight excluding hydrogens is 246 g/mol. The van der Waals surface area contributed by atoms with Crippen LogP contribution in [0.5, 0.6) is 0 Å². The van der Waals surface area contributed by atoms with Crippen molar-refractivity contribution < 1.29 is 5.11 Å². The molecule has 6 heteroatoms. The van der Waals surface area contributed by atoms with Crippen molar-refractivity contribution in [3.8, 4) is 0 Å². The standard InChI is InChI=1S/C10H16ClN3OS/c1-2-13-3-5-14(6-4-13)10-12-9(11)8(7-15)16-10/h15H,2-7H2,1H3. The number of halogens is 1. The Kier molecular flexibility index (Phi) is 4.02. The number of anilines is 1. The molecule has 2 heterocycles. The van der Waals surface area contributed by atoms with Crippen LogP contribution in [-0.2, 0) is 6.61 Å². The molecule has 0 bridgehead atoms. The highest BCUT2D eigenvalue weighted by Crippen LogP contribution is 2.30. The van der Waals surface area contributed by atoms with Gasteiger partial charge in [0.15, 0.2) is 5.13 Å². The van der Waals surface area contributed by atoms with E-state index in [1.165, 1.54) is 11.3 Å².